The molecule has 0 atom stereocenters. The lowest BCUT2D eigenvalue weighted by Gasteiger charge is -2.11. The van der Waals surface area contributed by atoms with Gasteiger partial charge in [0.2, 0.25) is 0 Å². The molecule has 2 N–H and O–H groups in total. The van der Waals surface area contributed by atoms with Crippen molar-refractivity contribution in [2.45, 2.75) is 25.7 Å². The fourth-order valence-corrected chi connectivity index (χ4v) is 2.59. The van der Waals surface area contributed by atoms with Gasteiger partial charge in [0.1, 0.15) is 11.6 Å². The molecule has 86 valence electrons. The Morgan fingerprint density at radius 3 is 2.41 bits per heavy atom. The average molecular weight is 225 g/mol. The van der Waals surface area contributed by atoms with Gasteiger partial charge in [-0.2, -0.15) is 0 Å². The molecule has 3 heteroatoms. The number of benzene rings is 1. The van der Waals surface area contributed by atoms with Crippen LogP contribution in [0.1, 0.15) is 28.4 Å². The van der Waals surface area contributed by atoms with Gasteiger partial charge < -0.3 is 5.73 Å². The van der Waals surface area contributed by atoms with Gasteiger partial charge in [0, 0.05) is 11.8 Å². The molecular formula is C14H15N3. The van der Waals surface area contributed by atoms with E-state index in [-0.39, 0.29) is 0 Å². The third-order valence-corrected chi connectivity index (χ3v) is 3.46. The van der Waals surface area contributed by atoms with E-state index in [1.165, 1.54) is 11.1 Å². The maximum atomic E-state index is 5.98. The predicted octanol–water partition coefficient (Wildman–Crippen LogP) is 2.25. The Labute approximate surface area is 101 Å². The van der Waals surface area contributed by atoms with Crippen LogP contribution in [-0.4, -0.2) is 9.97 Å². The molecule has 0 unspecified atom stereocenters. The van der Waals surface area contributed by atoms with Crippen molar-refractivity contribution >= 4 is 5.82 Å². The third kappa shape index (κ3) is 1.78. The predicted molar refractivity (Wildman–Crippen MR) is 67.8 cm³/mol. The lowest BCUT2D eigenvalue weighted by Crippen LogP contribution is -2.06. The van der Waals surface area contributed by atoms with Crippen LogP contribution in [0.15, 0.2) is 30.5 Å². The Bertz CT molecular complexity index is 538. The summed E-state index contributed by atoms with van der Waals surface area (Å²) in [6, 6.07) is 8.58. The molecular weight excluding hydrogens is 210 g/mol. The SMILES string of the molecule is Cc1ncc(C2Cc3ccccc3C2)c(N)n1. The highest BCUT2D eigenvalue weighted by atomic mass is 14.9. The normalized spacial score (nSPS) is 14.9. The van der Waals surface area contributed by atoms with E-state index in [0.29, 0.717) is 11.7 Å². The highest BCUT2D eigenvalue weighted by Crippen LogP contribution is 2.35. The van der Waals surface area contributed by atoms with E-state index in [4.69, 9.17) is 5.73 Å². The van der Waals surface area contributed by atoms with Crippen LogP contribution in [0.2, 0.25) is 0 Å². The quantitative estimate of drug-likeness (QED) is 0.809. The third-order valence-electron chi connectivity index (χ3n) is 3.46. The van der Waals surface area contributed by atoms with E-state index in [1.54, 1.807) is 0 Å². The highest BCUT2D eigenvalue weighted by Gasteiger charge is 2.24. The zero-order valence-corrected chi connectivity index (χ0v) is 9.85. The summed E-state index contributed by atoms with van der Waals surface area (Å²) < 4.78 is 0. The van der Waals surface area contributed by atoms with Gasteiger partial charge >= 0.3 is 0 Å². The number of fused-ring (bicyclic) bond motifs is 1. The first kappa shape index (κ1) is 10.3. The summed E-state index contributed by atoms with van der Waals surface area (Å²) in [4.78, 5) is 8.50. The zero-order valence-electron chi connectivity index (χ0n) is 9.85. The van der Waals surface area contributed by atoms with Gasteiger partial charge in [-0.1, -0.05) is 24.3 Å². The number of nitrogen functional groups attached to an aromatic ring is 1. The van der Waals surface area contributed by atoms with E-state index in [2.05, 4.69) is 34.2 Å². The van der Waals surface area contributed by atoms with Crippen molar-refractivity contribution in [3.63, 3.8) is 0 Å². The van der Waals surface area contributed by atoms with Crippen LogP contribution in [0.3, 0.4) is 0 Å². The molecule has 0 bridgehead atoms. The van der Waals surface area contributed by atoms with E-state index >= 15 is 0 Å². The summed E-state index contributed by atoms with van der Waals surface area (Å²) in [5, 5.41) is 0. The zero-order chi connectivity index (χ0) is 11.8. The van der Waals surface area contributed by atoms with Crippen molar-refractivity contribution in [2.75, 3.05) is 5.73 Å². The minimum Gasteiger partial charge on any atom is -0.383 e. The minimum absolute atomic E-state index is 0.438. The average Bonchev–Trinajstić information content (AvgIpc) is 2.72. The molecule has 0 aliphatic heterocycles. The van der Waals surface area contributed by atoms with Gasteiger partial charge in [-0.25, -0.2) is 9.97 Å². The number of nitrogens with two attached hydrogens (primary N) is 1. The first-order valence-corrected chi connectivity index (χ1v) is 5.90. The van der Waals surface area contributed by atoms with Crippen LogP contribution in [0, 0.1) is 6.92 Å². The molecule has 3 rings (SSSR count). The Morgan fingerprint density at radius 1 is 1.18 bits per heavy atom. The molecule has 0 spiro atoms. The molecule has 1 aromatic heterocycles. The molecule has 3 nitrogen and oxygen atoms in total. The van der Waals surface area contributed by atoms with E-state index in [1.807, 2.05) is 13.1 Å². The van der Waals surface area contributed by atoms with Gasteiger partial charge in [0.25, 0.3) is 0 Å². The van der Waals surface area contributed by atoms with Gasteiger partial charge in [-0.3, -0.25) is 0 Å². The molecule has 0 fully saturated rings. The summed E-state index contributed by atoms with van der Waals surface area (Å²) in [7, 11) is 0. The van der Waals surface area contributed by atoms with E-state index in [9.17, 15) is 0 Å². The molecule has 1 heterocycles. The second kappa shape index (κ2) is 3.84. The Morgan fingerprint density at radius 2 is 1.82 bits per heavy atom. The van der Waals surface area contributed by atoms with Gasteiger partial charge in [0.05, 0.1) is 0 Å². The minimum atomic E-state index is 0.438. The van der Waals surface area contributed by atoms with Crippen molar-refractivity contribution < 1.29 is 0 Å². The molecule has 1 aromatic carbocycles. The van der Waals surface area contributed by atoms with Crippen LogP contribution >= 0.6 is 0 Å². The summed E-state index contributed by atoms with van der Waals surface area (Å²) in [5.74, 6) is 1.81. The van der Waals surface area contributed by atoms with Crippen molar-refractivity contribution in [3.8, 4) is 0 Å². The molecule has 1 aliphatic rings. The highest BCUT2D eigenvalue weighted by molar-refractivity contribution is 5.45. The largest absolute Gasteiger partial charge is 0.383 e. The molecule has 0 saturated carbocycles. The standard InChI is InChI=1S/C14H15N3/c1-9-16-8-13(14(15)17-9)12-6-10-4-2-3-5-11(10)7-12/h2-5,8,12H,6-7H2,1H3,(H2,15,16,17). The molecule has 0 saturated heterocycles. The van der Waals surface area contributed by atoms with Crippen LogP contribution in [0.5, 0.6) is 0 Å². The maximum absolute atomic E-state index is 5.98. The molecule has 1 aliphatic carbocycles. The fourth-order valence-electron chi connectivity index (χ4n) is 2.59. The Balaban J connectivity index is 1.94. The number of nitrogens with zero attached hydrogens (tertiary/aromatic N) is 2. The van der Waals surface area contributed by atoms with Gasteiger partial charge in [-0.05, 0) is 36.8 Å². The van der Waals surface area contributed by atoms with Crippen molar-refractivity contribution in [1.82, 2.24) is 9.97 Å². The van der Waals surface area contributed by atoms with Crippen LogP contribution < -0.4 is 5.73 Å². The first-order chi connectivity index (χ1) is 8.24. The summed E-state index contributed by atoms with van der Waals surface area (Å²) in [5.41, 5.74) is 9.93. The number of hydrogen-bond acceptors (Lipinski definition) is 3. The first-order valence-electron chi connectivity index (χ1n) is 5.90. The fraction of sp³-hybridized carbons (Fsp3) is 0.286. The van der Waals surface area contributed by atoms with Crippen molar-refractivity contribution in [1.29, 1.82) is 0 Å². The van der Waals surface area contributed by atoms with Crippen molar-refractivity contribution in [2.24, 2.45) is 0 Å². The van der Waals surface area contributed by atoms with E-state index < -0.39 is 0 Å². The smallest absolute Gasteiger partial charge is 0.130 e. The van der Waals surface area contributed by atoms with Crippen LogP contribution in [-0.2, 0) is 12.8 Å². The lowest BCUT2D eigenvalue weighted by atomic mass is 9.98. The summed E-state index contributed by atoms with van der Waals surface area (Å²) in [6.07, 6.45) is 3.98. The second-order valence-corrected chi connectivity index (χ2v) is 4.63. The van der Waals surface area contributed by atoms with Gasteiger partial charge in [0.15, 0.2) is 0 Å². The number of anilines is 1. The molecule has 17 heavy (non-hydrogen) atoms. The number of rotatable bonds is 1. The van der Waals surface area contributed by atoms with E-state index in [0.717, 1.165) is 24.2 Å². The Kier molecular flexibility index (Phi) is 2.32. The van der Waals surface area contributed by atoms with Crippen molar-refractivity contribution in [3.05, 3.63) is 53.0 Å². The van der Waals surface area contributed by atoms with Crippen LogP contribution in [0.4, 0.5) is 5.82 Å². The maximum Gasteiger partial charge on any atom is 0.130 e. The van der Waals surface area contributed by atoms with Crippen LogP contribution in [0.25, 0.3) is 0 Å². The summed E-state index contributed by atoms with van der Waals surface area (Å²) in [6.45, 7) is 1.86. The van der Waals surface area contributed by atoms with Gasteiger partial charge in [-0.15, -0.1) is 0 Å². The Hall–Kier alpha value is -1.90. The molecule has 0 radical (unpaired) electrons. The number of hydrogen-bond donors (Lipinski definition) is 1. The second-order valence-electron chi connectivity index (χ2n) is 4.63. The molecule has 0 amide bonds. The monoisotopic (exact) mass is 225 g/mol. The number of aromatic nitrogens is 2. The number of aryl methyl sites for hydroxylation is 1. The summed E-state index contributed by atoms with van der Waals surface area (Å²) >= 11 is 0. The lowest BCUT2D eigenvalue weighted by molar-refractivity contribution is 0.732. The topological polar surface area (TPSA) is 51.8 Å². The molecule has 2 aromatic rings.